The second-order valence-corrected chi connectivity index (χ2v) is 5.03. The SMILES string of the molecule is CCCCNC(=O)CN(C(C)=O)c1ccc(OC)c(Cl)c1. The van der Waals surface area contributed by atoms with E-state index in [2.05, 4.69) is 5.32 Å². The second-order valence-electron chi connectivity index (χ2n) is 4.63. The zero-order valence-corrected chi connectivity index (χ0v) is 13.4. The topological polar surface area (TPSA) is 58.6 Å². The van der Waals surface area contributed by atoms with Crippen molar-refractivity contribution in [2.24, 2.45) is 0 Å². The smallest absolute Gasteiger partial charge is 0.240 e. The van der Waals surface area contributed by atoms with Gasteiger partial charge >= 0.3 is 0 Å². The van der Waals surface area contributed by atoms with Gasteiger partial charge in [-0.3, -0.25) is 9.59 Å². The minimum absolute atomic E-state index is 0.0261. The first-order valence-electron chi connectivity index (χ1n) is 6.88. The Morgan fingerprint density at radius 3 is 2.62 bits per heavy atom. The lowest BCUT2D eigenvalue weighted by molar-refractivity contribution is -0.123. The third kappa shape index (κ3) is 5.27. The van der Waals surface area contributed by atoms with E-state index in [9.17, 15) is 9.59 Å². The summed E-state index contributed by atoms with van der Waals surface area (Å²) in [6, 6.07) is 4.98. The van der Waals surface area contributed by atoms with E-state index < -0.39 is 0 Å². The summed E-state index contributed by atoms with van der Waals surface area (Å²) in [5.41, 5.74) is 0.568. The van der Waals surface area contributed by atoms with E-state index in [0.717, 1.165) is 12.8 Å². The van der Waals surface area contributed by atoms with Gasteiger partial charge in [0, 0.05) is 19.2 Å². The summed E-state index contributed by atoms with van der Waals surface area (Å²) in [5.74, 6) is 0.115. The van der Waals surface area contributed by atoms with Crippen molar-refractivity contribution in [3.05, 3.63) is 23.2 Å². The van der Waals surface area contributed by atoms with Crippen molar-refractivity contribution < 1.29 is 14.3 Å². The average molecular weight is 313 g/mol. The fourth-order valence-electron chi connectivity index (χ4n) is 1.81. The number of carbonyl (C=O) groups excluding carboxylic acids is 2. The molecule has 116 valence electrons. The fraction of sp³-hybridized carbons (Fsp3) is 0.467. The first-order valence-corrected chi connectivity index (χ1v) is 7.25. The number of anilines is 1. The highest BCUT2D eigenvalue weighted by Crippen LogP contribution is 2.29. The van der Waals surface area contributed by atoms with Gasteiger partial charge in [0.25, 0.3) is 0 Å². The molecule has 0 saturated heterocycles. The van der Waals surface area contributed by atoms with Crippen LogP contribution in [0.5, 0.6) is 5.75 Å². The molecule has 0 spiro atoms. The Morgan fingerprint density at radius 2 is 2.10 bits per heavy atom. The van der Waals surface area contributed by atoms with E-state index in [4.69, 9.17) is 16.3 Å². The van der Waals surface area contributed by atoms with Gasteiger partial charge in [-0.15, -0.1) is 0 Å². The number of hydrogen-bond acceptors (Lipinski definition) is 3. The predicted molar refractivity (Wildman–Crippen MR) is 83.9 cm³/mol. The number of carbonyl (C=O) groups is 2. The molecular weight excluding hydrogens is 292 g/mol. The van der Waals surface area contributed by atoms with Gasteiger partial charge in [-0.05, 0) is 24.6 Å². The van der Waals surface area contributed by atoms with Gasteiger partial charge in [-0.1, -0.05) is 24.9 Å². The summed E-state index contributed by atoms with van der Waals surface area (Å²) in [5, 5.41) is 3.18. The molecule has 0 aliphatic rings. The molecule has 0 atom stereocenters. The van der Waals surface area contributed by atoms with Crippen LogP contribution in [0.25, 0.3) is 0 Å². The Labute approximate surface area is 130 Å². The van der Waals surface area contributed by atoms with Crippen molar-refractivity contribution in [3.8, 4) is 5.75 Å². The maximum absolute atomic E-state index is 11.9. The molecule has 0 aliphatic heterocycles. The van der Waals surface area contributed by atoms with Crippen LogP contribution < -0.4 is 15.0 Å². The highest BCUT2D eigenvalue weighted by molar-refractivity contribution is 6.32. The average Bonchev–Trinajstić information content (AvgIpc) is 2.44. The van der Waals surface area contributed by atoms with Crippen LogP contribution in [0.4, 0.5) is 5.69 Å². The number of amides is 2. The van der Waals surface area contributed by atoms with Crippen LogP contribution in [0, 0.1) is 0 Å². The van der Waals surface area contributed by atoms with Crippen LogP contribution in [0.1, 0.15) is 26.7 Å². The van der Waals surface area contributed by atoms with E-state index in [1.807, 2.05) is 6.92 Å². The van der Waals surface area contributed by atoms with Crippen LogP contribution >= 0.6 is 11.6 Å². The van der Waals surface area contributed by atoms with Crippen molar-refractivity contribution >= 4 is 29.1 Å². The predicted octanol–water partition coefficient (Wildman–Crippen LogP) is 2.62. The Hall–Kier alpha value is -1.75. The summed E-state index contributed by atoms with van der Waals surface area (Å²) >= 11 is 6.05. The molecular formula is C15H21ClN2O3. The normalized spacial score (nSPS) is 10.1. The van der Waals surface area contributed by atoms with E-state index in [1.54, 1.807) is 18.2 Å². The van der Waals surface area contributed by atoms with E-state index in [0.29, 0.717) is 23.0 Å². The Balaban J connectivity index is 2.80. The molecule has 1 N–H and O–H groups in total. The summed E-state index contributed by atoms with van der Waals surface area (Å²) in [6.45, 7) is 4.05. The van der Waals surface area contributed by atoms with Crippen LogP contribution in [0.15, 0.2) is 18.2 Å². The number of hydrogen-bond donors (Lipinski definition) is 1. The number of nitrogens with one attached hydrogen (secondary N) is 1. The Bertz CT molecular complexity index is 506. The molecule has 1 aromatic carbocycles. The van der Waals surface area contributed by atoms with Crippen molar-refractivity contribution in [1.29, 1.82) is 0 Å². The van der Waals surface area contributed by atoms with Gasteiger partial charge in [0.05, 0.1) is 12.1 Å². The quantitative estimate of drug-likeness (QED) is 0.787. The molecule has 0 aromatic heterocycles. The molecule has 1 aromatic rings. The van der Waals surface area contributed by atoms with Gasteiger partial charge in [-0.2, -0.15) is 0 Å². The van der Waals surface area contributed by atoms with Crippen molar-refractivity contribution in [2.45, 2.75) is 26.7 Å². The lowest BCUT2D eigenvalue weighted by Crippen LogP contribution is -2.40. The third-order valence-corrected chi connectivity index (χ3v) is 3.28. The lowest BCUT2D eigenvalue weighted by Gasteiger charge is -2.21. The van der Waals surface area contributed by atoms with Crippen molar-refractivity contribution in [1.82, 2.24) is 5.32 Å². The second kappa shape index (κ2) is 8.52. The number of methoxy groups -OCH3 is 1. The summed E-state index contributed by atoms with van der Waals surface area (Å²) < 4.78 is 5.07. The summed E-state index contributed by atoms with van der Waals surface area (Å²) in [6.07, 6.45) is 1.92. The van der Waals surface area contributed by atoms with Crippen LogP contribution in [0.3, 0.4) is 0 Å². The zero-order chi connectivity index (χ0) is 15.8. The minimum Gasteiger partial charge on any atom is -0.495 e. The Morgan fingerprint density at radius 1 is 1.38 bits per heavy atom. The zero-order valence-electron chi connectivity index (χ0n) is 12.6. The summed E-state index contributed by atoms with van der Waals surface area (Å²) in [4.78, 5) is 25.0. The monoisotopic (exact) mass is 312 g/mol. The number of ether oxygens (including phenoxy) is 1. The molecule has 5 nitrogen and oxygen atoms in total. The molecule has 21 heavy (non-hydrogen) atoms. The first kappa shape index (κ1) is 17.3. The molecule has 0 bridgehead atoms. The maximum atomic E-state index is 11.9. The van der Waals surface area contributed by atoms with Gasteiger partial charge < -0.3 is 15.0 Å². The van der Waals surface area contributed by atoms with E-state index >= 15 is 0 Å². The number of rotatable bonds is 7. The fourth-order valence-corrected chi connectivity index (χ4v) is 2.06. The van der Waals surface area contributed by atoms with Crippen LogP contribution in [0.2, 0.25) is 5.02 Å². The number of benzene rings is 1. The summed E-state index contributed by atoms with van der Waals surface area (Å²) in [7, 11) is 1.52. The number of unbranched alkanes of at least 4 members (excludes halogenated alkanes) is 1. The molecule has 0 radical (unpaired) electrons. The molecule has 0 unspecified atom stereocenters. The van der Waals surface area contributed by atoms with Crippen molar-refractivity contribution in [2.75, 3.05) is 25.1 Å². The van der Waals surface area contributed by atoms with Gasteiger partial charge in [0.1, 0.15) is 12.3 Å². The highest BCUT2D eigenvalue weighted by Gasteiger charge is 2.16. The van der Waals surface area contributed by atoms with Gasteiger partial charge in [0.15, 0.2) is 0 Å². The highest BCUT2D eigenvalue weighted by atomic mass is 35.5. The van der Waals surface area contributed by atoms with E-state index in [1.165, 1.54) is 18.9 Å². The molecule has 0 aliphatic carbocycles. The van der Waals surface area contributed by atoms with Gasteiger partial charge in [-0.25, -0.2) is 0 Å². The van der Waals surface area contributed by atoms with Gasteiger partial charge in [0.2, 0.25) is 11.8 Å². The standard InChI is InChI=1S/C15H21ClN2O3/c1-4-5-8-17-15(20)10-18(11(2)19)12-6-7-14(21-3)13(16)9-12/h6-7,9H,4-5,8,10H2,1-3H3,(H,17,20). The molecule has 0 fully saturated rings. The third-order valence-electron chi connectivity index (χ3n) is 2.98. The minimum atomic E-state index is -0.220. The molecule has 0 saturated carbocycles. The largest absolute Gasteiger partial charge is 0.495 e. The van der Waals surface area contributed by atoms with Crippen LogP contribution in [-0.2, 0) is 9.59 Å². The molecule has 0 heterocycles. The Kier molecular flexibility index (Phi) is 7.02. The lowest BCUT2D eigenvalue weighted by atomic mass is 10.2. The molecule has 1 rings (SSSR count). The molecule has 6 heteroatoms. The van der Waals surface area contributed by atoms with Crippen LogP contribution in [-0.4, -0.2) is 32.0 Å². The number of halogens is 1. The van der Waals surface area contributed by atoms with Crippen molar-refractivity contribution in [3.63, 3.8) is 0 Å². The number of nitrogens with zero attached hydrogens (tertiary/aromatic N) is 1. The first-order chi connectivity index (χ1) is 9.99. The maximum Gasteiger partial charge on any atom is 0.240 e. The van der Waals surface area contributed by atoms with E-state index in [-0.39, 0.29) is 18.4 Å². The molecule has 2 amide bonds.